The van der Waals surface area contributed by atoms with E-state index in [-0.39, 0.29) is 0 Å². The SMILES string of the molecule is C=CC(=O)OCCCOc1ccc(-c2cccc3c2Cc2ccccc2-3)cc1. The van der Waals surface area contributed by atoms with Gasteiger partial charge >= 0.3 is 5.97 Å². The molecule has 0 unspecified atom stereocenters. The van der Waals surface area contributed by atoms with Crippen LogP contribution in [0.5, 0.6) is 5.75 Å². The summed E-state index contributed by atoms with van der Waals surface area (Å²) >= 11 is 0. The minimum Gasteiger partial charge on any atom is -0.493 e. The normalized spacial score (nSPS) is 11.4. The Morgan fingerprint density at radius 2 is 1.64 bits per heavy atom. The molecule has 3 heteroatoms. The van der Waals surface area contributed by atoms with E-state index in [1.165, 1.54) is 39.5 Å². The van der Waals surface area contributed by atoms with Gasteiger partial charge in [0.05, 0.1) is 13.2 Å². The molecule has 4 rings (SSSR count). The van der Waals surface area contributed by atoms with Gasteiger partial charge in [0.2, 0.25) is 0 Å². The van der Waals surface area contributed by atoms with E-state index in [0.29, 0.717) is 19.6 Å². The van der Waals surface area contributed by atoms with Crippen molar-refractivity contribution in [3.8, 4) is 28.0 Å². The zero-order valence-electron chi connectivity index (χ0n) is 15.7. The largest absolute Gasteiger partial charge is 0.493 e. The second-order valence-electron chi connectivity index (χ2n) is 6.76. The maximum atomic E-state index is 11.0. The number of esters is 1. The number of fused-ring (bicyclic) bond motifs is 3. The van der Waals surface area contributed by atoms with Crippen LogP contribution in [0.25, 0.3) is 22.3 Å². The molecule has 140 valence electrons. The maximum absolute atomic E-state index is 11.0. The first kappa shape index (κ1) is 18.1. The third kappa shape index (κ3) is 3.70. The maximum Gasteiger partial charge on any atom is 0.330 e. The molecule has 1 aliphatic rings. The lowest BCUT2D eigenvalue weighted by Crippen LogP contribution is -2.06. The topological polar surface area (TPSA) is 35.5 Å². The van der Waals surface area contributed by atoms with Gasteiger partial charge in [-0.05, 0) is 51.9 Å². The fraction of sp³-hybridized carbons (Fsp3) is 0.160. The number of carbonyl (C=O) groups excluding carboxylic acids is 1. The average molecular weight is 370 g/mol. The molecule has 0 fully saturated rings. The quantitative estimate of drug-likeness (QED) is 0.247. The molecule has 0 atom stereocenters. The highest BCUT2D eigenvalue weighted by Gasteiger charge is 2.20. The highest BCUT2D eigenvalue weighted by molar-refractivity contribution is 5.84. The molecule has 1 aliphatic carbocycles. The van der Waals surface area contributed by atoms with Gasteiger partial charge in [0.1, 0.15) is 5.75 Å². The predicted molar refractivity (Wildman–Crippen MR) is 111 cm³/mol. The summed E-state index contributed by atoms with van der Waals surface area (Å²) in [5, 5.41) is 0. The van der Waals surface area contributed by atoms with E-state index in [2.05, 4.69) is 61.2 Å². The smallest absolute Gasteiger partial charge is 0.330 e. The first-order chi connectivity index (χ1) is 13.8. The monoisotopic (exact) mass is 370 g/mol. The summed E-state index contributed by atoms with van der Waals surface area (Å²) < 4.78 is 10.7. The molecular weight excluding hydrogens is 348 g/mol. The number of rotatable bonds is 7. The molecule has 0 spiro atoms. The minimum atomic E-state index is -0.401. The fourth-order valence-corrected chi connectivity index (χ4v) is 3.64. The molecule has 0 heterocycles. The zero-order chi connectivity index (χ0) is 19.3. The van der Waals surface area contributed by atoms with Crippen LogP contribution in [0.3, 0.4) is 0 Å². The Morgan fingerprint density at radius 3 is 2.46 bits per heavy atom. The van der Waals surface area contributed by atoms with E-state index in [1.807, 2.05) is 12.1 Å². The number of hydrogen-bond donors (Lipinski definition) is 0. The molecule has 3 nitrogen and oxygen atoms in total. The molecule has 28 heavy (non-hydrogen) atoms. The van der Waals surface area contributed by atoms with Crippen LogP contribution in [0.15, 0.2) is 79.4 Å². The first-order valence-corrected chi connectivity index (χ1v) is 9.49. The van der Waals surface area contributed by atoms with Crippen molar-refractivity contribution in [3.63, 3.8) is 0 Å². The summed E-state index contributed by atoms with van der Waals surface area (Å²) in [6, 6.07) is 23.3. The van der Waals surface area contributed by atoms with Crippen molar-refractivity contribution < 1.29 is 14.3 Å². The third-order valence-electron chi connectivity index (χ3n) is 4.98. The van der Waals surface area contributed by atoms with Crippen LogP contribution in [-0.4, -0.2) is 19.2 Å². The summed E-state index contributed by atoms with van der Waals surface area (Å²) in [4.78, 5) is 11.0. The Kier molecular flexibility index (Phi) is 5.24. The van der Waals surface area contributed by atoms with Crippen LogP contribution >= 0.6 is 0 Å². The van der Waals surface area contributed by atoms with Crippen molar-refractivity contribution in [3.05, 3.63) is 90.5 Å². The summed E-state index contributed by atoms with van der Waals surface area (Å²) in [6.07, 6.45) is 2.79. The van der Waals surface area contributed by atoms with Gasteiger partial charge in [-0.3, -0.25) is 0 Å². The molecular formula is C25H22O3. The molecule has 0 saturated heterocycles. The molecule has 0 radical (unpaired) electrons. The van der Waals surface area contributed by atoms with Gasteiger partial charge < -0.3 is 9.47 Å². The van der Waals surface area contributed by atoms with E-state index in [4.69, 9.17) is 9.47 Å². The van der Waals surface area contributed by atoms with Gasteiger partial charge in [-0.25, -0.2) is 4.79 Å². The molecule has 3 aromatic carbocycles. The Labute approximate surface area is 165 Å². The lowest BCUT2D eigenvalue weighted by molar-refractivity contribution is -0.137. The summed E-state index contributed by atoms with van der Waals surface area (Å²) in [5.74, 6) is 0.413. The van der Waals surface area contributed by atoms with Gasteiger partial charge in [-0.2, -0.15) is 0 Å². The van der Waals surface area contributed by atoms with Crippen LogP contribution in [0.2, 0.25) is 0 Å². The van der Waals surface area contributed by atoms with Crippen LogP contribution in [0.1, 0.15) is 17.5 Å². The number of ether oxygens (including phenoxy) is 2. The van der Waals surface area contributed by atoms with Crippen molar-refractivity contribution in [2.45, 2.75) is 12.8 Å². The van der Waals surface area contributed by atoms with E-state index in [0.717, 1.165) is 12.2 Å². The number of carbonyl (C=O) groups is 1. The highest BCUT2D eigenvalue weighted by Crippen LogP contribution is 2.41. The first-order valence-electron chi connectivity index (χ1n) is 9.49. The second-order valence-corrected chi connectivity index (χ2v) is 6.76. The van der Waals surface area contributed by atoms with E-state index < -0.39 is 5.97 Å². The standard InChI is InChI=1S/C25H22O3/c1-2-25(26)28-16-6-15-27-20-13-11-18(12-14-20)21-9-5-10-23-22-8-4-3-7-19(22)17-24(21)23/h2-5,7-14H,1,6,15-17H2. The van der Waals surface area contributed by atoms with Crippen molar-refractivity contribution in [2.24, 2.45) is 0 Å². The molecule has 0 aromatic heterocycles. The molecule has 0 N–H and O–H groups in total. The van der Waals surface area contributed by atoms with Crippen molar-refractivity contribution in [1.82, 2.24) is 0 Å². The summed E-state index contributed by atoms with van der Waals surface area (Å²) in [6.45, 7) is 4.20. The summed E-state index contributed by atoms with van der Waals surface area (Å²) in [5.41, 5.74) is 7.93. The van der Waals surface area contributed by atoms with Crippen LogP contribution in [0.4, 0.5) is 0 Å². The Morgan fingerprint density at radius 1 is 0.893 bits per heavy atom. The lowest BCUT2D eigenvalue weighted by Gasteiger charge is -2.11. The number of hydrogen-bond acceptors (Lipinski definition) is 3. The Hall–Kier alpha value is -3.33. The highest BCUT2D eigenvalue weighted by atomic mass is 16.5. The van der Waals surface area contributed by atoms with Crippen molar-refractivity contribution in [1.29, 1.82) is 0 Å². The Balaban J connectivity index is 1.43. The molecule has 0 bridgehead atoms. The van der Waals surface area contributed by atoms with E-state index >= 15 is 0 Å². The lowest BCUT2D eigenvalue weighted by atomic mass is 9.96. The van der Waals surface area contributed by atoms with Crippen LogP contribution < -0.4 is 4.74 Å². The predicted octanol–water partition coefficient (Wildman–Crippen LogP) is 5.42. The minimum absolute atomic E-state index is 0.333. The molecule has 0 saturated carbocycles. The van der Waals surface area contributed by atoms with Gasteiger partial charge in [-0.15, -0.1) is 0 Å². The van der Waals surface area contributed by atoms with Gasteiger partial charge in [-0.1, -0.05) is 61.2 Å². The van der Waals surface area contributed by atoms with E-state index in [9.17, 15) is 4.79 Å². The molecule has 3 aromatic rings. The molecule has 0 amide bonds. The van der Waals surface area contributed by atoms with Crippen molar-refractivity contribution >= 4 is 5.97 Å². The number of benzene rings is 3. The van der Waals surface area contributed by atoms with Crippen LogP contribution in [0, 0.1) is 0 Å². The van der Waals surface area contributed by atoms with Gasteiger partial charge in [0.15, 0.2) is 0 Å². The van der Waals surface area contributed by atoms with E-state index in [1.54, 1.807) is 0 Å². The van der Waals surface area contributed by atoms with Crippen LogP contribution in [-0.2, 0) is 16.0 Å². The molecule has 0 aliphatic heterocycles. The summed E-state index contributed by atoms with van der Waals surface area (Å²) in [7, 11) is 0. The fourth-order valence-electron chi connectivity index (χ4n) is 3.64. The van der Waals surface area contributed by atoms with Gasteiger partial charge in [0.25, 0.3) is 0 Å². The van der Waals surface area contributed by atoms with Gasteiger partial charge in [0, 0.05) is 12.5 Å². The second kappa shape index (κ2) is 8.13. The van der Waals surface area contributed by atoms with Crippen molar-refractivity contribution in [2.75, 3.05) is 13.2 Å². The third-order valence-corrected chi connectivity index (χ3v) is 4.98. The average Bonchev–Trinajstić information content (AvgIpc) is 3.12. The Bertz CT molecular complexity index is 1000. The zero-order valence-corrected chi connectivity index (χ0v) is 15.7.